The average molecular weight is 303 g/mol. The summed E-state index contributed by atoms with van der Waals surface area (Å²) in [5.41, 5.74) is 5.09. The first-order valence-electron chi connectivity index (χ1n) is 6.89. The number of hydrogen-bond acceptors (Lipinski definition) is 5. The summed E-state index contributed by atoms with van der Waals surface area (Å²) < 4.78 is 5.18. The molecular formula is C15H17N3O4. The molecule has 116 valence electrons. The van der Waals surface area contributed by atoms with Gasteiger partial charge in [0.15, 0.2) is 0 Å². The van der Waals surface area contributed by atoms with Gasteiger partial charge in [-0.2, -0.15) is 0 Å². The molecule has 1 aromatic carbocycles. The van der Waals surface area contributed by atoms with Crippen molar-refractivity contribution in [2.75, 3.05) is 18.0 Å². The number of nitrogens with two attached hydrogens (primary N) is 1. The monoisotopic (exact) mass is 303 g/mol. The van der Waals surface area contributed by atoms with E-state index < -0.39 is 17.6 Å². The third-order valence-electron chi connectivity index (χ3n) is 3.33. The Hall–Kier alpha value is -2.83. The standard InChI is InChI=1S/C15H17N3O4/c1-3-18(4-2)10-6-5-9-7-11(13(19)17-15(16)21)14(20)22-12(9)8-10/h5-8H,3-4H2,1-2H3,(H3,16,17,19,21). The Bertz CT molecular complexity index is 778. The molecule has 1 aromatic heterocycles. The molecule has 0 saturated carbocycles. The number of carbonyl (C=O) groups is 2. The van der Waals surface area contributed by atoms with Crippen molar-refractivity contribution in [3.63, 3.8) is 0 Å². The zero-order chi connectivity index (χ0) is 16.3. The molecule has 22 heavy (non-hydrogen) atoms. The average Bonchev–Trinajstić information content (AvgIpc) is 2.46. The molecule has 0 aliphatic heterocycles. The molecule has 0 bridgehead atoms. The zero-order valence-electron chi connectivity index (χ0n) is 12.4. The molecule has 0 aliphatic rings. The van der Waals surface area contributed by atoms with Gasteiger partial charge in [0.1, 0.15) is 11.1 Å². The van der Waals surface area contributed by atoms with Crippen LogP contribution >= 0.6 is 0 Å². The van der Waals surface area contributed by atoms with Gasteiger partial charge in [-0.05, 0) is 32.0 Å². The number of urea groups is 1. The van der Waals surface area contributed by atoms with Crippen molar-refractivity contribution in [1.29, 1.82) is 0 Å². The van der Waals surface area contributed by atoms with Gasteiger partial charge in [0.05, 0.1) is 0 Å². The van der Waals surface area contributed by atoms with Crippen LogP contribution in [0.1, 0.15) is 24.2 Å². The van der Waals surface area contributed by atoms with Gasteiger partial charge in [-0.1, -0.05) is 0 Å². The Labute approximate surface area is 126 Å². The van der Waals surface area contributed by atoms with E-state index in [2.05, 4.69) is 4.90 Å². The van der Waals surface area contributed by atoms with Crippen LogP contribution in [0.5, 0.6) is 0 Å². The molecule has 2 rings (SSSR count). The van der Waals surface area contributed by atoms with Gasteiger partial charge in [-0.25, -0.2) is 9.59 Å². The maximum Gasteiger partial charge on any atom is 0.349 e. The number of nitrogens with zero attached hydrogens (tertiary/aromatic N) is 1. The Morgan fingerprint density at radius 1 is 1.23 bits per heavy atom. The first-order valence-corrected chi connectivity index (χ1v) is 6.89. The van der Waals surface area contributed by atoms with E-state index in [1.165, 1.54) is 6.07 Å². The van der Waals surface area contributed by atoms with Gasteiger partial charge in [-0.15, -0.1) is 0 Å². The molecular weight excluding hydrogens is 286 g/mol. The molecule has 0 saturated heterocycles. The van der Waals surface area contributed by atoms with E-state index >= 15 is 0 Å². The van der Waals surface area contributed by atoms with Crippen molar-refractivity contribution in [2.24, 2.45) is 5.73 Å². The molecule has 0 atom stereocenters. The molecule has 3 N–H and O–H groups in total. The van der Waals surface area contributed by atoms with Gasteiger partial charge in [0, 0.05) is 30.2 Å². The molecule has 0 aliphatic carbocycles. The second kappa shape index (κ2) is 6.30. The lowest BCUT2D eigenvalue weighted by molar-refractivity contribution is 0.0963. The molecule has 0 unspecified atom stereocenters. The van der Waals surface area contributed by atoms with Gasteiger partial charge >= 0.3 is 11.7 Å². The number of amides is 3. The molecule has 7 nitrogen and oxygen atoms in total. The first-order chi connectivity index (χ1) is 10.5. The summed E-state index contributed by atoms with van der Waals surface area (Å²) in [6.45, 7) is 5.71. The molecule has 2 aromatic rings. The highest BCUT2D eigenvalue weighted by Crippen LogP contribution is 2.21. The van der Waals surface area contributed by atoms with Gasteiger partial charge in [0.25, 0.3) is 5.91 Å². The van der Waals surface area contributed by atoms with E-state index in [-0.39, 0.29) is 5.56 Å². The van der Waals surface area contributed by atoms with Crippen molar-refractivity contribution in [2.45, 2.75) is 13.8 Å². The fraction of sp³-hybridized carbons (Fsp3) is 0.267. The highest BCUT2D eigenvalue weighted by Gasteiger charge is 2.15. The maximum atomic E-state index is 11.9. The third-order valence-corrected chi connectivity index (χ3v) is 3.33. The normalized spacial score (nSPS) is 10.5. The summed E-state index contributed by atoms with van der Waals surface area (Å²) >= 11 is 0. The Morgan fingerprint density at radius 3 is 2.50 bits per heavy atom. The van der Waals surface area contributed by atoms with Crippen molar-refractivity contribution in [3.05, 3.63) is 40.2 Å². The molecule has 0 fully saturated rings. The number of anilines is 1. The minimum absolute atomic E-state index is 0.262. The number of hydrogen-bond donors (Lipinski definition) is 2. The summed E-state index contributed by atoms with van der Waals surface area (Å²) in [4.78, 5) is 36.4. The highest BCUT2D eigenvalue weighted by atomic mass is 16.4. The zero-order valence-corrected chi connectivity index (χ0v) is 12.4. The summed E-state index contributed by atoms with van der Waals surface area (Å²) in [6, 6.07) is 5.74. The van der Waals surface area contributed by atoms with E-state index in [1.54, 1.807) is 12.1 Å². The molecule has 7 heteroatoms. The van der Waals surface area contributed by atoms with Crippen LogP contribution in [0.4, 0.5) is 10.5 Å². The topological polar surface area (TPSA) is 106 Å². The molecule has 3 amide bonds. The van der Waals surface area contributed by atoms with Crippen LogP contribution in [-0.4, -0.2) is 25.0 Å². The summed E-state index contributed by atoms with van der Waals surface area (Å²) in [5, 5.41) is 2.43. The quantitative estimate of drug-likeness (QED) is 0.831. The summed E-state index contributed by atoms with van der Waals surface area (Å²) in [7, 11) is 0. The predicted molar refractivity (Wildman–Crippen MR) is 83.1 cm³/mol. The van der Waals surface area contributed by atoms with Crippen molar-refractivity contribution in [1.82, 2.24) is 5.32 Å². The first kappa shape index (κ1) is 15.6. The number of benzene rings is 1. The van der Waals surface area contributed by atoms with E-state index in [1.807, 2.05) is 25.2 Å². The Balaban J connectivity index is 2.48. The van der Waals surface area contributed by atoms with Gasteiger partial charge < -0.3 is 15.1 Å². The smallest absolute Gasteiger partial charge is 0.349 e. The van der Waals surface area contributed by atoms with Crippen LogP contribution in [0.2, 0.25) is 0 Å². The van der Waals surface area contributed by atoms with Crippen LogP contribution in [-0.2, 0) is 0 Å². The molecule has 0 radical (unpaired) electrons. The Morgan fingerprint density at radius 2 is 1.91 bits per heavy atom. The second-order valence-corrected chi connectivity index (χ2v) is 4.66. The lowest BCUT2D eigenvalue weighted by Gasteiger charge is -2.20. The van der Waals surface area contributed by atoms with Crippen molar-refractivity contribution in [3.8, 4) is 0 Å². The van der Waals surface area contributed by atoms with Crippen LogP contribution in [0.3, 0.4) is 0 Å². The van der Waals surface area contributed by atoms with E-state index in [9.17, 15) is 14.4 Å². The van der Waals surface area contributed by atoms with Crippen LogP contribution in [0, 0.1) is 0 Å². The number of carbonyl (C=O) groups excluding carboxylic acids is 2. The highest BCUT2D eigenvalue weighted by molar-refractivity contribution is 6.04. The second-order valence-electron chi connectivity index (χ2n) is 4.66. The number of imide groups is 1. The van der Waals surface area contributed by atoms with Gasteiger partial charge in [-0.3, -0.25) is 10.1 Å². The minimum atomic E-state index is -1.03. The SMILES string of the molecule is CCN(CC)c1ccc2cc(C(=O)NC(N)=O)c(=O)oc2c1. The van der Waals surface area contributed by atoms with Crippen LogP contribution in [0.25, 0.3) is 11.0 Å². The van der Waals surface area contributed by atoms with E-state index in [0.29, 0.717) is 11.0 Å². The predicted octanol–water partition coefficient (Wildman–Crippen LogP) is 1.45. The lowest BCUT2D eigenvalue weighted by atomic mass is 10.1. The van der Waals surface area contributed by atoms with Crippen LogP contribution < -0.4 is 21.6 Å². The van der Waals surface area contributed by atoms with Crippen molar-refractivity contribution < 1.29 is 14.0 Å². The summed E-state index contributed by atoms with van der Waals surface area (Å²) in [5.74, 6) is -0.879. The number of primary amides is 1. The minimum Gasteiger partial charge on any atom is -0.422 e. The van der Waals surface area contributed by atoms with E-state index in [0.717, 1.165) is 18.8 Å². The Kier molecular flexibility index (Phi) is 4.45. The lowest BCUT2D eigenvalue weighted by Crippen LogP contribution is -2.37. The third kappa shape index (κ3) is 3.08. The van der Waals surface area contributed by atoms with E-state index in [4.69, 9.17) is 10.2 Å². The van der Waals surface area contributed by atoms with Gasteiger partial charge in [0.2, 0.25) is 0 Å². The number of nitrogens with one attached hydrogen (secondary N) is 1. The number of rotatable bonds is 4. The van der Waals surface area contributed by atoms with Crippen molar-refractivity contribution >= 4 is 28.6 Å². The molecule has 0 spiro atoms. The van der Waals surface area contributed by atoms with Crippen LogP contribution in [0.15, 0.2) is 33.5 Å². The summed E-state index contributed by atoms with van der Waals surface area (Å²) in [6.07, 6.45) is 0. The largest absolute Gasteiger partial charge is 0.422 e. The maximum absolute atomic E-state index is 11.9. The fourth-order valence-corrected chi connectivity index (χ4v) is 2.22. The fourth-order valence-electron chi connectivity index (χ4n) is 2.22. The number of fused-ring (bicyclic) bond motifs is 1. The molecule has 1 heterocycles.